The first-order valence-corrected chi connectivity index (χ1v) is 7.04. The number of thioether (sulfide) groups is 1. The van der Waals surface area contributed by atoms with Gasteiger partial charge in [0, 0.05) is 22.7 Å². The number of hydrogen-bond acceptors (Lipinski definition) is 3. The molecule has 0 aliphatic carbocycles. The normalized spacial score (nSPS) is 14.9. The molecule has 1 rings (SSSR count). The van der Waals surface area contributed by atoms with Crippen molar-refractivity contribution in [3.63, 3.8) is 0 Å². The highest BCUT2D eigenvalue weighted by atomic mass is 32.2. The van der Waals surface area contributed by atoms with Crippen molar-refractivity contribution in [1.82, 2.24) is 5.32 Å². The van der Waals surface area contributed by atoms with Crippen LogP contribution in [-0.4, -0.2) is 22.5 Å². The van der Waals surface area contributed by atoms with E-state index in [1.807, 2.05) is 13.8 Å². The highest BCUT2D eigenvalue weighted by Crippen LogP contribution is 2.25. The molecule has 17 heavy (non-hydrogen) atoms. The van der Waals surface area contributed by atoms with Gasteiger partial charge >= 0.3 is 0 Å². The summed E-state index contributed by atoms with van der Waals surface area (Å²) < 4.78 is 0. The first-order chi connectivity index (χ1) is 7.99. The molecular weight excluding hydrogens is 230 g/mol. The van der Waals surface area contributed by atoms with Gasteiger partial charge in [0.25, 0.3) is 0 Å². The zero-order valence-electron chi connectivity index (χ0n) is 11.1. The van der Waals surface area contributed by atoms with Gasteiger partial charge in [0.2, 0.25) is 0 Å². The molecular formula is C14H23NOS. The molecule has 2 nitrogen and oxygen atoms in total. The topological polar surface area (TPSA) is 32.3 Å². The van der Waals surface area contributed by atoms with Gasteiger partial charge in [-0.1, -0.05) is 32.9 Å². The van der Waals surface area contributed by atoms with E-state index in [1.54, 1.807) is 11.8 Å². The molecule has 0 fully saturated rings. The Morgan fingerprint density at radius 1 is 1.12 bits per heavy atom. The van der Waals surface area contributed by atoms with Gasteiger partial charge in [-0.3, -0.25) is 0 Å². The van der Waals surface area contributed by atoms with Crippen LogP contribution in [0.25, 0.3) is 0 Å². The summed E-state index contributed by atoms with van der Waals surface area (Å²) in [7, 11) is 0. The highest BCUT2D eigenvalue weighted by molar-refractivity contribution is 8.00. The van der Waals surface area contributed by atoms with E-state index in [0.717, 1.165) is 6.54 Å². The number of hydrogen-bond donors (Lipinski definition) is 2. The quantitative estimate of drug-likeness (QED) is 0.764. The molecule has 2 unspecified atom stereocenters. The third-order valence-electron chi connectivity index (χ3n) is 2.64. The molecule has 1 aromatic carbocycles. The van der Waals surface area contributed by atoms with Crippen LogP contribution in [-0.2, 0) is 6.54 Å². The first-order valence-electron chi connectivity index (χ1n) is 6.16. The van der Waals surface area contributed by atoms with Crippen molar-refractivity contribution in [3.05, 3.63) is 29.8 Å². The van der Waals surface area contributed by atoms with Crippen LogP contribution in [0.5, 0.6) is 0 Å². The summed E-state index contributed by atoms with van der Waals surface area (Å²) in [6.45, 7) is 9.08. The van der Waals surface area contributed by atoms with Gasteiger partial charge in [-0.05, 0) is 24.6 Å². The Labute approximate surface area is 109 Å². The first kappa shape index (κ1) is 14.6. The summed E-state index contributed by atoms with van der Waals surface area (Å²) >= 11 is 1.71. The number of nitrogens with one attached hydrogen (secondary N) is 1. The maximum atomic E-state index is 9.45. The zero-order valence-corrected chi connectivity index (χ0v) is 11.9. The monoisotopic (exact) mass is 253 g/mol. The SMILES string of the molecule is CC(C)NCc1ccc(SC(C)C(C)O)cc1. The molecule has 1 aromatic rings. The average Bonchev–Trinajstić information content (AvgIpc) is 2.28. The molecule has 2 N–H and O–H groups in total. The van der Waals surface area contributed by atoms with Crippen LogP contribution in [0.2, 0.25) is 0 Å². The predicted octanol–water partition coefficient (Wildman–Crippen LogP) is 3.05. The van der Waals surface area contributed by atoms with Crippen LogP contribution in [0.1, 0.15) is 33.3 Å². The van der Waals surface area contributed by atoms with Crippen LogP contribution in [0.4, 0.5) is 0 Å². The lowest BCUT2D eigenvalue weighted by molar-refractivity contribution is 0.196. The van der Waals surface area contributed by atoms with Gasteiger partial charge in [0.15, 0.2) is 0 Å². The molecule has 0 saturated heterocycles. The van der Waals surface area contributed by atoms with Gasteiger partial charge < -0.3 is 10.4 Å². The van der Waals surface area contributed by atoms with Gasteiger partial charge in [0.05, 0.1) is 6.10 Å². The minimum absolute atomic E-state index is 0.231. The second kappa shape index (κ2) is 7.04. The fraction of sp³-hybridized carbons (Fsp3) is 0.571. The summed E-state index contributed by atoms with van der Waals surface area (Å²) in [6, 6.07) is 9.06. The Balaban J connectivity index is 2.50. The predicted molar refractivity (Wildman–Crippen MR) is 75.4 cm³/mol. The maximum Gasteiger partial charge on any atom is 0.0631 e. The van der Waals surface area contributed by atoms with Crippen molar-refractivity contribution in [2.24, 2.45) is 0 Å². The molecule has 0 aliphatic rings. The third-order valence-corrected chi connectivity index (χ3v) is 3.95. The van der Waals surface area contributed by atoms with E-state index in [-0.39, 0.29) is 11.4 Å². The lowest BCUT2D eigenvalue weighted by atomic mass is 10.2. The largest absolute Gasteiger partial charge is 0.392 e. The highest BCUT2D eigenvalue weighted by Gasteiger charge is 2.09. The molecule has 0 radical (unpaired) electrons. The van der Waals surface area contributed by atoms with Gasteiger partial charge in [0.1, 0.15) is 0 Å². The minimum Gasteiger partial charge on any atom is -0.392 e. The van der Waals surface area contributed by atoms with E-state index in [4.69, 9.17) is 0 Å². The Bertz CT molecular complexity index is 321. The molecule has 0 aromatic heterocycles. The lowest BCUT2D eigenvalue weighted by Gasteiger charge is -2.14. The van der Waals surface area contributed by atoms with E-state index in [9.17, 15) is 5.11 Å². The minimum atomic E-state index is -0.276. The molecule has 2 atom stereocenters. The summed E-state index contributed by atoms with van der Waals surface area (Å²) in [5, 5.41) is 13.1. The Morgan fingerprint density at radius 3 is 2.18 bits per heavy atom. The van der Waals surface area contributed by atoms with Gasteiger partial charge in [-0.2, -0.15) is 0 Å². The molecule has 3 heteroatoms. The van der Waals surface area contributed by atoms with E-state index in [2.05, 4.69) is 43.4 Å². The van der Waals surface area contributed by atoms with E-state index in [1.165, 1.54) is 10.5 Å². The summed E-state index contributed by atoms with van der Waals surface area (Å²) in [5.74, 6) is 0. The lowest BCUT2D eigenvalue weighted by Crippen LogP contribution is -2.21. The molecule has 0 bridgehead atoms. The molecule has 0 heterocycles. The number of aliphatic hydroxyl groups excluding tert-OH is 1. The van der Waals surface area contributed by atoms with Crippen molar-refractivity contribution in [2.45, 2.75) is 56.5 Å². The molecule has 0 saturated carbocycles. The molecule has 96 valence electrons. The number of aliphatic hydroxyl groups is 1. The van der Waals surface area contributed by atoms with Crippen molar-refractivity contribution >= 4 is 11.8 Å². The second-order valence-corrected chi connectivity index (χ2v) is 6.19. The fourth-order valence-electron chi connectivity index (χ4n) is 1.32. The van der Waals surface area contributed by atoms with E-state index < -0.39 is 0 Å². The van der Waals surface area contributed by atoms with Gasteiger partial charge in [-0.15, -0.1) is 11.8 Å². The maximum absolute atomic E-state index is 9.45. The standard InChI is InChI=1S/C14H23NOS/c1-10(2)15-9-13-5-7-14(8-6-13)17-12(4)11(3)16/h5-8,10-12,15-16H,9H2,1-4H3. The van der Waals surface area contributed by atoms with Crippen LogP contribution in [0.15, 0.2) is 29.2 Å². The van der Waals surface area contributed by atoms with E-state index in [0.29, 0.717) is 6.04 Å². The van der Waals surface area contributed by atoms with Crippen LogP contribution in [0.3, 0.4) is 0 Å². The summed E-state index contributed by atoms with van der Waals surface area (Å²) in [6.07, 6.45) is -0.276. The summed E-state index contributed by atoms with van der Waals surface area (Å²) in [4.78, 5) is 1.21. The van der Waals surface area contributed by atoms with Crippen LogP contribution < -0.4 is 5.32 Å². The van der Waals surface area contributed by atoms with Crippen molar-refractivity contribution in [2.75, 3.05) is 0 Å². The Kier molecular flexibility index (Phi) is 6.03. The third kappa shape index (κ3) is 5.57. The second-order valence-electron chi connectivity index (χ2n) is 4.74. The Morgan fingerprint density at radius 2 is 1.71 bits per heavy atom. The van der Waals surface area contributed by atoms with Crippen molar-refractivity contribution < 1.29 is 5.11 Å². The number of rotatable bonds is 6. The van der Waals surface area contributed by atoms with Crippen LogP contribution in [0, 0.1) is 0 Å². The molecule has 0 aliphatic heterocycles. The Hall–Kier alpha value is -0.510. The van der Waals surface area contributed by atoms with Gasteiger partial charge in [-0.25, -0.2) is 0 Å². The fourth-order valence-corrected chi connectivity index (χ4v) is 2.24. The summed E-state index contributed by atoms with van der Waals surface area (Å²) in [5.41, 5.74) is 1.30. The number of benzene rings is 1. The average molecular weight is 253 g/mol. The molecule has 0 spiro atoms. The van der Waals surface area contributed by atoms with Crippen LogP contribution >= 0.6 is 11.8 Å². The van der Waals surface area contributed by atoms with Crippen molar-refractivity contribution in [1.29, 1.82) is 0 Å². The smallest absolute Gasteiger partial charge is 0.0631 e. The van der Waals surface area contributed by atoms with Crippen molar-refractivity contribution in [3.8, 4) is 0 Å². The molecule has 0 amide bonds. The zero-order chi connectivity index (χ0) is 12.8. The van der Waals surface area contributed by atoms with E-state index >= 15 is 0 Å².